The number of hydrogen-bond donors (Lipinski definition) is 0. The van der Waals surface area contributed by atoms with Crippen LogP contribution in [0, 0.1) is 23.7 Å². The smallest absolute Gasteiger partial charge is 0.399 e. The van der Waals surface area contributed by atoms with Crippen LogP contribution in [0.2, 0.25) is 0 Å². The van der Waals surface area contributed by atoms with Crippen LogP contribution in [0.1, 0.15) is 159 Å². The van der Waals surface area contributed by atoms with Crippen LogP contribution < -0.4 is 10.9 Å². The third-order valence-electron chi connectivity index (χ3n) is 13.9. The lowest BCUT2D eigenvalue weighted by Gasteiger charge is -2.32. The maximum absolute atomic E-state index is 6.89. The molecule has 0 aliphatic carbocycles. The van der Waals surface area contributed by atoms with Crippen LogP contribution in [-0.2, 0) is 31.5 Å². The van der Waals surface area contributed by atoms with Gasteiger partial charge < -0.3 is 18.6 Å². The Morgan fingerprint density at radius 1 is 0.444 bits per heavy atom. The topological polar surface area (TPSA) is 36.9 Å². The summed E-state index contributed by atoms with van der Waals surface area (Å²) in [5.41, 5.74) is 3.42. The van der Waals surface area contributed by atoms with Gasteiger partial charge in [0, 0.05) is 0 Å². The van der Waals surface area contributed by atoms with Gasteiger partial charge in [0.1, 0.15) is 0 Å². The fraction of sp³-hybridized carbons (Fsp3) is 0.667. The Kier molecular flexibility index (Phi) is 12.1. The first kappa shape index (κ1) is 41.5. The van der Waals surface area contributed by atoms with Crippen molar-refractivity contribution in [1.29, 1.82) is 0 Å². The van der Waals surface area contributed by atoms with Gasteiger partial charge in [0.2, 0.25) is 0 Å². The normalized spacial score (nSPS) is 20.4. The highest BCUT2D eigenvalue weighted by Gasteiger charge is 2.53. The molecule has 0 N–H and O–H groups in total. The van der Waals surface area contributed by atoms with E-state index in [2.05, 4.69) is 133 Å². The van der Waals surface area contributed by atoms with Crippen molar-refractivity contribution in [2.45, 2.75) is 184 Å². The summed E-state index contributed by atoms with van der Waals surface area (Å²) in [6.07, 6.45) is 12.2. The molecule has 2 atom stereocenters. The first-order chi connectivity index (χ1) is 25.2. The van der Waals surface area contributed by atoms with Crippen LogP contribution in [0.15, 0.2) is 36.4 Å². The minimum atomic E-state index is -0.438. The molecule has 6 rings (SSSR count). The van der Waals surface area contributed by atoms with Gasteiger partial charge in [-0.2, -0.15) is 0 Å². The quantitative estimate of drug-likeness (QED) is 0.0848. The fourth-order valence-electron chi connectivity index (χ4n) is 8.78. The van der Waals surface area contributed by atoms with Crippen molar-refractivity contribution in [3.8, 4) is 0 Å². The van der Waals surface area contributed by atoms with Crippen LogP contribution >= 0.6 is 0 Å². The standard InChI is InChI=1S/C48H72B2O4/c1-31(2)17-15-19-33(5)21-23-35-29-40-42(50-53-47(11,12)48(13,14)54-50)30-36(24-22-34(6)20-16-18-32(3)4)37-25-26-39-41(28-27-38(35)43(39)44(37)40)49-51-45(7,8)46(9,10)52-49/h25-34H,15-24H2,1-14H3. The van der Waals surface area contributed by atoms with E-state index in [1.807, 2.05) is 0 Å². The molecule has 4 aromatic rings. The zero-order chi connectivity index (χ0) is 39.4. The molecule has 2 fully saturated rings. The van der Waals surface area contributed by atoms with Gasteiger partial charge in [-0.15, -0.1) is 0 Å². The summed E-state index contributed by atoms with van der Waals surface area (Å²) >= 11 is 0. The van der Waals surface area contributed by atoms with Crippen LogP contribution in [0.25, 0.3) is 32.3 Å². The summed E-state index contributed by atoms with van der Waals surface area (Å²) in [4.78, 5) is 0. The Balaban J connectivity index is 1.52. The van der Waals surface area contributed by atoms with Crippen molar-refractivity contribution in [1.82, 2.24) is 0 Å². The van der Waals surface area contributed by atoms with Crippen LogP contribution in [0.3, 0.4) is 0 Å². The predicted molar refractivity (Wildman–Crippen MR) is 234 cm³/mol. The predicted octanol–water partition coefficient (Wildman–Crippen LogP) is 12.0. The molecule has 0 bridgehead atoms. The zero-order valence-electron chi connectivity index (χ0n) is 36.6. The number of hydrogen-bond acceptors (Lipinski definition) is 4. The van der Waals surface area contributed by atoms with E-state index in [1.54, 1.807) is 0 Å². The molecule has 0 spiro atoms. The van der Waals surface area contributed by atoms with Gasteiger partial charge in [0.15, 0.2) is 0 Å². The Morgan fingerprint density at radius 2 is 0.833 bits per heavy atom. The number of aryl methyl sites for hydroxylation is 2. The molecule has 54 heavy (non-hydrogen) atoms. The maximum Gasteiger partial charge on any atom is 0.495 e. The summed E-state index contributed by atoms with van der Waals surface area (Å²) in [5, 5.41) is 7.89. The van der Waals surface area contributed by atoms with Gasteiger partial charge in [-0.1, -0.05) is 116 Å². The van der Waals surface area contributed by atoms with Crippen molar-refractivity contribution >= 4 is 57.5 Å². The van der Waals surface area contributed by atoms with Crippen molar-refractivity contribution in [3.05, 3.63) is 47.5 Å². The van der Waals surface area contributed by atoms with E-state index in [9.17, 15) is 0 Å². The molecule has 2 heterocycles. The van der Waals surface area contributed by atoms with E-state index in [0.29, 0.717) is 11.8 Å². The molecule has 0 saturated carbocycles. The summed E-state index contributed by atoms with van der Waals surface area (Å²) in [6.45, 7) is 31.5. The molecule has 2 saturated heterocycles. The average Bonchev–Trinajstić information content (AvgIpc) is 3.43. The highest BCUT2D eigenvalue weighted by molar-refractivity contribution is 6.67. The SMILES string of the molecule is CC(C)CCCC(C)CCc1cc2c(B3OC(C)(C)C(C)(C)O3)cc(CCC(C)CCCC(C)C)c3ccc4c(B5OC(C)(C)C(C)(C)O5)ccc1c4c32. The van der Waals surface area contributed by atoms with Crippen LogP contribution in [0.5, 0.6) is 0 Å². The highest BCUT2D eigenvalue weighted by atomic mass is 16.7. The molecule has 0 amide bonds. The van der Waals surface area contributed by atoms with Crippen LogP contribution in [0.4, 0.5) is 0 Å². The van der Waals surface area contributed by atoms with E-state index < -0.39 is 36.6 Å². The Morgan fingerprint density at radius 3 is 1.30 bits per heavy atom. The Hall–Kier alpha value is -2.11. The van der Waals surface area contributed by atoms with E-state index in [-0.39, 0.29) is 0 Å². The second kappa shape index (κ2) is 15.7. The van der Waals surface area contributed by atoms with E-state index in [0.717, 1.165) is 30.1 Å². The molecule has 4 nitrogen and oxygen atoms in total. The Bertz CT molecular complexity index is 1870. The molecule has 0 aromatic heterocycles. The molecule has 0 radical (unpaired) electrons. The zero-order valence-corrected chi connectivity index (χ0v) is 36.6. The van der Waals surface area contributed by atoms with E-state index >= 15 is 0 Å². The largest absolute Gasteiger partial charge is 0.495 e. The maximum atomic E-state index is 6.89. The van der Waals surface area contributed by atoms with Crippen molar-refractivity contribution < 1.29 is 18.6 Å². The molecule has 2 unspecified atom stereocenters. The van der Waals surface area contributed by atoms with Crippen LogP contribution in [-0.4, -0.2) is 36.6 Å². The highest BCUT2D eigenvalue weighted by Crippen LogP contribution is 2.43. The van der Waals surface area contributed by atoms with Gasteiger partial charge in [-0.25, -0.2) is 0 Å². The molecular formula is C48H72B2O4. The third kappa shape index (κ3) is 8.30. The molecular weight excluding hydrogens is 662 g/mol. The fourth-order valence-corrected chi connectivity index (χ4v) is 8.78. The molecule has 4 aromatic carbocycles. The van der Waals surface area contributed by atoms with Gasteiger partial charge in [-0.3, -0.25) is 0 Å². The summed E-state index contributed by atoms with van der Waals surface area (Å²) in [5.74, 6) is 2.87. The average molecular weight is 735 g/mol. The molecule has 2 aliphatic heterocycles. The first-order valence-electron chi connectivity index (χ1n) is 21.7. The van der Waals surface area contributed by atoms with Crippen molar-refractivity contribution in [2.24, 2.45) is 23.7 Å². The second-order valence-corrected chi connectivity index (χ2v) is 20.4. The van der Waals surface area contributed by atoms with Gasteiger partial charge in [-0.05, 0) is 159 Å². The molecule has 6 heteroatoms. The number of benzene rings is 4. The van der Waals surface area contributed by atoms with E-state index in [4.69, 9.17) is 18.6 Å². The second-order valence-electron chi connectivity index (χ2n) is 20.4. The lowest BCUT2D eigenvalue weighted by atomic mass is 9.70. The van der Waals surface area contributed by atoms with Crippen molar-refractivity contribution in [3.63, 3.8) is 0 Å². The summed E-state index contributed by atoms with van der Waals surface area (Å²) in [7, 11) is -0.870. The van der Waals surface area contributed by atoms with E-state index in [1.165, 1.54) is 100 Å². The lowest BCUT2D eigenvalue weighted by Crippen LogP contribution is -2.41. The number of rotatable bonds is 16. The molecule has 2 aliphatic rings. The van der Waals surface area contributed by atoms with Gasteiger partial charge in [0.25, 0.3) is 0 Å². The van der Waals surface area contributed by atoms with Gasteiger partial charge in [0.05, 0.1) is 22.4 Å². The minimum absolute atomic E-state index is 0.415. The van der Waals surface area contributed by atoms with Gasteiger partial charge >= 0.3 is 14.2 Å². The summed E-state index contributed by atoms with van der Waals surface area (Å²) in [6, 6.07) is 14.4. The lowest BCUT2D eigenvalue weighted by molar-refractivity contribution is 0.00578. The third-order valence-corrected chi connectivity index (χ3v) is 13.9. The molecule has 294 valence electrons. The Labute approximate surface area is 329 Å². The first-order valence-corrected chi connectivity index (χ1v) is 21.7. The summed E-state index contributed by atoms with van der Waals surface area (Å²) < 4.78 is 27.2. The van der Waals surface area contributed by atoms with Crippen molar-refractivity contribution in [2.75, 3.05) is 0 Å². The monoisotopic (exact) mass is 735 g/mol. The minimum Gasteiger partial charge on any atom is -0.399 e.